The van der Waals surface area contributed by atoms with Gasteiger partial charge in [0, 0.05) is 19.2 Å². The third kappa shape index (κ3) is 10.8. The Labute approximate surface area is 209 Å². The summed E-state index contributed by atoms with van der Waals surface area (Å²) in [5, 5.41) is 16.2. The van der Waals surface area contributed by atoms with Crippen molar-refractivity contribution in [3.8, 4) is 0 Å². The average molecular weight is 506 g/mol. The van der Waals surface area contributed by atoms with Crippen molar-refractivity contribution in [2.45, 2.75) is 45.7 Å². The minimum Gasteiger partial charge on any atom is -0.480 e. The van der Waals surface area contributed by atoms with Crippen LogP contribution in [-0.2, 0) is 24.0 Å². The molecule has 4 amide bonds. The number of carbonyl (C=O) groups is 5. The number of benzene rings is 1. The number of aliphatic imine (C=N–C) groups is 1. The monoisotopic (exact) mass is 505 g/mol. The molecule has 0 aliphatic rings. The van der Waals surface area contributed by atoms with Crippen molar-refractivity contribution in [1.29, 1.82) is 0 Å². The first kappa shape index (κ1) is 29.9. The number of hydrogen-bond acceptors (Lipinski definition) is 6. The van der Waals surface area contributed by atoms with E-state index in [4.69, 9.17) is 16.6 Å². The molecule has 1 rings (SSSR count). The number of carboxylic acid groups (broad SMARTS) is 1. The van der Waals surface area contributed by atoms with E-state index in [0.29, 0.717) is 12.1 Å². The van der Waals surface area contributed by atoms with Crippen molar-refractivity contribution >= 4 is 41.2 Å². The molecule has 36 heavy (non-hydrogen) atoms. The molecular formula is C23H35N7O6. The van der Waals surface area contributed by atoms with Gasteiger partial charge in [-0.15, -0.1) is 0 Å². The number of rotatable bonds is 14. The molecule has 0 unspecified atom stereocenters. The highest BCUT2D eigenvalue weighted by molar-refractivity contribution is 6.03. The number of nitrogens with two attached hydrogens (primary N) is 2. The van der Waals surface area contributed by atoms with Gasteiger partial charge in [0.15, 0.2) is 5.96 Å². The number of anilines is 1. The number of para-hydroxylation sites is 1. The van der Waals surface area contributed by atoms with Gasteiger partial charge in [-0.25, -0.2) is 0 Å². The van der Waals surface area contributed by atoms with E-state index >= 15 is 0 Å². The number of nitrogens with one attached hydrogen (secondary N) is 3. The first-order valence-corrected chi connectivity index (χ1v) is 11.4. The van der Waals surface area contributed by atoms with Gasteiger partial charge in [0.2, 0.25) is 23.6 Å². The molecule has 0 aliphatic heterocycles. The summed E-state index contributed by atoms with van der Waals surface area (Å²) in [4.78, 5) is 66.4. The van der Waals surface area contributed by atoms with Crippen molar-refractivity contribution in [3.63, 3.8) is 0 Å². The standard InChI is InChI=1S/C23H35N7O6/c1-14(2)20(21(35)27-12-19(33)34)29-18(32)13-30(16-8-5-4-6-9-16)22(36)17(28-15(3)31)10-7-11-26-23(24)25/h4-6,8-9,14,17,20H,7,10-13H2,1-3H3,(H,27,35)(H,28,31)(H,29,32)(H,33,34)(H4,24,25,26)/t17-,20-/m0/s1. The molecule has 8 N–H and O–H groups in total. The van der Waals surface area contributed by atoms with E-state index < -0.39 is 54.8 Å². The molecule has 1 aromatic carbocycles. The lowest BCUT2D eigenvalue weighted by molar-refractivity contribution is -0.138. The zero-order valence-corrected chi connectivity index (χ0v) is 20.7. The second-order valence-electron chi connectivity index (χ2n) is 8.36. The van der Waals surface area contributed by atoms with Crippen LogP contribution in [0.3, 0.4) is 0 Å². The fourth-order valence-electron chi connectivity index (χ4n) is 3.27. The Balaban J connectivity index is 3.10. The third-order valence-corrected chi connectivity index (χ3v) is 4.94. The van der Waals surface area contributed by atoms with Gasteiger partial charge in [0.05, 0.1) is 0 Å². The summed E-state index contributed by atoms with van der Waals surface area (Å²) in [6.45, 7) is 3.87. The molecule has 1 aromatic rings. The van der Waals surface area contributed by atoms with Crippen molar-refractivity contribution in [2.24, 2.45) is 22.4 Å². The SMILES string of the molecule is CC(=O)N[C@@H](CCCN=C(N)N)C(=O)N(CC(=O)N[C@H](C(=O)NCC(=O)O)C(C)C)c1ccccc1. The number of guanidine groups is 1. The van der Waals surface area contributed by atoms with E-state index in [1.54, 1.807) is 44.2 Å². The smallest absolute Gasteiger partial charge is 0.322 e. The minimum atomic E-state index is -1.22. The zero-order valence-electron chi connectivity index (χ0n) is 20.7. The number of carboxylic acids is 1. The second kappa shape index (κ2) is 15.0. The van der Waals surface area contributed by atoms with Crippen molar-refractivity contribution in [2.75, 3.05) is 24.5 Å². The Hall–Kier alpha value is -4.16. The van der Waals surface area contributed by atoms with Crippen LogP contribution in [0.15, 0.2) is 35.3 Å². The van der Waals surface area contributed by atoms with Crippen LogP contribution in [0.1, 0.15) is 33.6 Å². The molecule has 198 valence electrons. The number of hydrogen-bond donors (Lipinski definition) is 6. The highest BCUT2D eigenvalue weighted by Crippen LogP contribution is 2.16. The summed E-state index contributed by atoms with van der Waals surface area (Å²) < 4.78 is 0. The first-order valence-electron chi connectivity index (χ1n) is 11.4. The molecule has 13 heteroatoms. The number of nitrogens with zero attached hydrogens (tertiary/aromatic N) is 2. The van der Waals surface area contributed by atoms with Crippen LogP contribution in [0.25, 0.3) is 0 Å². The summed E-state index contributed by atoms with van der Waals surface area (Å²) in [6, 6.07) is 6.42. The van der Waals surface area contributed by atoms with Crippen molar-refractivity contribution in [3.05, 3.63) is 30.3 Å². The van der Waals surface area contributed by atoms with E-state index in [-0.39, 0.29) is 24.8 Å². The molecule has 0 heterocycles. The first-order chi connectivity index (χ1) is 16.9. The molecule has 2 atom stereocenters. The Morgan fingerprint density at radius 3 is 2.22 bits per heavy atom. The molecule has 0 saturated carbocycles. The maximum atomic E-state index is 13.5. The molecule has 0 aromatic heterocycles. The number of carbonyl (C=O) groups excluding carboxylic acids is 4. The van der Waals surface area contributed by atoms with E-state index in [2.05, 4.69) is 20.9 Å². The van der Waals surface area contributed by atoms with Gasteiger partial charge in [-0.05, 0) is 30.9 Å². The maximum absolute atomic E-state index is 13.5. The van der Waals surface area contributed by atoms with Gasteiger partial charge in [0.1, 0.15) is 25.2 Å². The molecule has 0 saturated heterocycles. The van der Waals surface area contributed by atoms with Gasteiger partial charge in [-0.2, -0.15) is 0 Å². The summed E-state index contributed by atoms with van der Waals surface area (Å²) in [5.41, 5.74) is 11.1. The lowest BCUT2D eigenvalue weighted by Gasteiger charge is -2.29. The van der Waals surface area contributed by atoms with E-state index in [9.17, 15) is 24.0 Å². The van der Waals surface area contributed by atoms with Crippen LogP contribution in [-0.4, -0.2) is 72.4 Å². The van der Waals surface area contributed by atoms with Crippen LogP contribution in [0.5, 0.6) is 0 Å². The zero-order chi connectivity index (χ0) is 27.3. The second-order valence-corrected chi connectivity index (χ2v) is 8.36. The van der Waals surface area contributed by atoms with Gasteiger partial charge < -0.3 is 37.4 Å². The van der Waals surface area contributed by atoms with E-state index in [1.807, 2.05) is 0 Å². The Morgan fingerprint density at radius 2 is 1.69 bits per heavy atom. The van der Waals surface area contributed by atoms with Crippen LogP contribution in [0.2, 0.25) is 0 Å². The van der Waals surface area contributed by atoms with Crippen LogP contribution in [0, 0.1) is 5.92 Å². The predicted octanol–water partition coefficient (Wildman–Crippen LogP) is -1.08. The summed E-state index contributed by atoms with van der Waals surface area (Å²) in [5.74, 6) is -3.93. The minimum absolute atomic E-state index is 0.0907. The van der Waals surface area contributed by atoms with Crippen LogP contribution < -0.4 is 32.3 Å². The van der Waals surface area contributed by atoms with Gasteiger partial charge in [-0.1, -0.05) is 32.0 Å². The summed E-state index contributed by atoms with van der Waals surface area (Å²) in [7, 11) is 0. The molecule has 0 radical (unpaired) electrons. The molecule has 0 fully saturated rings. The third-order valence-electron chi connectivity index (χ3n) is 4.94. The van der Waals surface area contributed by atoms with E-state index in [0.717, 1.165) is 0 Å². The molecular weight excluding hydrogens is 470 g/mol. The Morgan fingerprint density at radius 1 is 1.06 bits per heavy atom. The van der Waals surface area contributed by atoms with Crippen molar-refractivity contribution in [1.82, 2.24) is 16.0 Å². The lowest BCUT2D eigenvalue weighted by Crippen LogP contribution is -2.55. The van der Waals surface area contributed by atoms with Crippen molar-refractivity contribution < 1.29 is 29.1 Å². The molecule has 0 spiro atoms. The number of amides is 4. The predicted molar refractivity (Wildman–Crippen MR) is 134 cm³/mol. The highest BCUT2D eigenvalue weighted by atomic mass is 16.4. The Bertz CT molecular complexity index is 948. The van der Waals surface area contributed by atoms with Gasteiger partial charge in [-0.3, -0.25) is 29.0 Å². The topological polar surface area (TPSA) is 209 Å². The normalized spacial score (nSPS) is 12.1. The highest BCUT2D eigenvalue weighted by Gasteiger charge is 2.30. The van der Waals surface area contributed by atoms with E-state index in [1.165, 1.54) is 11.8 Å². The Kier molecular flexibility index (Phi) is 12.4. The molecule has 0 bridgehead atoms. The average Bonchev–Trinajstić information content (AvgIpc) is 2.80. The summed E-state index contributed by atoms with van der Waals surface area (Å²) >= 11 is 0. The maximum Gasteiger partial charge on any atom is 0.322 e. The van der Waals surface area contributed by atoms with Gasteiger partial charge in [0.25, 0.3) is 0 Å². The molecule has 0 aliphatic carbocycles. The van der Waals surface area contributed by atoms with Crippen LogP contribution in [0.4, 0.5) is 5.69 Å². The quantitative estimate of drug-likeness (QED) is 0.104. The largest absolute Gasteiger partial charge is 0.480 e. The summed E-state index contributed by atoms with van der Waals surface area (Å²) in [6.07, 6.45) is 0.606. The van der Waals surface area contributed by atoms with Crippen LogP contribution >= 0.6 is 0 Å². The van der Waals surface area contributed by atoms with Gasteiger partial charge >= 0.3 is 5.97 Å². The fraction of sp³-hybridized carbons (Fsp3) is 0.478. The fourth-order valence-corrected chi connectivity index (χ4v) is 3.27. The number of aliphatic carboxylic acids is 1. The molecule has 13 nitrogen and oxygen atoms in total. The lowest BCUT2D eigenvalue weighted by atomic mass is 10.0.